The van der Waals surface area contributed by atoms with Crippen molar-refractivity contribution in [3.05, 3.63) is 55.2 Å². The van der Waals surface area contributed by atoms with Crippen LogP contribution in [-0.4, -0.2) is 36.0 Å². The maximum Gasteiger partial charge on any atom is 0.224 e. The Morgan fingerprint density at radius 3 is 2.84 bits per heavy atom. The predicted molar refractivity (Wildman–Crippen MR) is 120 cm³/mol. The minimum Gasteiger partial charge on any atom is -0.352 e. The van der Waals surface area contributed by atoms with Gasteiger partial charge in [0.15, 0.2) is 5.65 Å². The molecule has 0 fully saturated rings. The number of hydrogen-bond donors (Lipinski definition) is 3. The first-order valence-corrected chi connectivity index (χ1v) is 10.2. The SMILES string of the molecule is CCCCC(=O)Nc1cncc(-c2cnc3n[nH]c(-c4cc5ccncc5[nH]4)c3c2)c1. The average molecular weight is 411 g/mol. The summed E-state index contributed by atoms with van der Waals surface area (Å²) in [6.45, 7) is 2.06. The number of rotatable bonds is 6. The quantitative estimate of drug-likeness (QED) is 0.375. The second kappa shape index (κ2) is 7.98. The van der Waals surface area contributed by atoms with Crippen molar-refractivity contribution in [1.29, 1.82) is 0 Å². The standard InChI is InChI=1S/C23H21N7O/c1-2-3-4-21(31)27-17-7-15(10-25-12-17)16-8-18-22(29-30-23(18)26-11-16)19-9-14-5-6-24-13-20(14)28-19/h5-13,28H,2-4H2,1H3,(H,27,31)(H,26,29,30). The maximum atomic E-state index is 12.1. The Hall–Kier alpha value is -4.07. The number of nitrogens with one attached hydrogen (secondary N) is 3. The fraction of sp³-hybridized carbons (Fsp3) is 0.174. The first kappa shape index (κ1) is 18.9. The summed E-state index contributed by atoms with van der Waals surface area (Å²) in [4.78, 5) is 28.4. The molecule has 3 N–H and O–H groups in total. The van der Waals surface area contributed by atoms with Crippen molar-refractivity contribution in [2.45, 2.75) is 26.2 Å². The van der Waals surface area contributed by atoms with Gasteiger partial charge in [-0.15, -0.1) is 0 Å². The van der Waals surface area contributed by atoms with E-state index in [-0.39, 0.29) is 5.91 Å². The topological polar surface area (TPSA) is 112 Å². The van der Waals surface area contributed by atoms with Gasteiger partial charge in [-0.1, -0.05) is 13.3 Å². The molecule has 0 aliphatic heterocycles. The summed E-state index contributed by atoms with van der Waals surface area (Å²) in [6.07, 6.45) is 11.1. The van der Waals surface area contributed by atoms with Crippen LogP contribution < -0.4 is 5.32 Å². The number of fused-ring (bicyclic) bond motifs is 2. The van der Waals surface area contributed by atoms with E-state index in [0.717, 1.165) is 51.6 Å². The monoisotopic (exact) mass is 411 g/mol. The molecule has 0 spiro atoms. The van der Waals surface area contributed by atoms with Crippen molar-refractivity contribution in [2.75, 3.05) is 5.32 Å². The Morgan fingerprint density at radius 2 is 1.97 bits per heavy atom. The van der Waals surface area contributed by atoms with Crippen molar-refractivity contribution in [3.8, 4) is 22.5 Å². The van der Waals surface area contributed by atoms with Gasteiger partial charge in [0.25, 0.3) is 0 Å². The number of nitrogens with zero attached hydrogens (tertiary/aromatic N) is 4. The van der Waals surface area contributed by atoms with Gasteiger partial charge in [-0.25, -0.2) is 4.98 Å². The summed E-state index contributed by atoms with van der Waals surface area (Å²) in [5, 5.41) is 12.3. The first-order valence-electron chi connectivity index (χ1n) is 10.2. The molecule has 1 amide bonds. The largest absolute Gasteiger partial charge is 0.352 e. The van der Waals surface area contributed by atoms with Crippen LogP contribution in [0.2, 0.25) is 0 Å². The number of amides is 1. The van der Waals surface area contributed by atoms with Gasteiger partial charge in [-0.2, -0.15) is 5.10 Å². The fourth-order valence-electron chi connectivity index (χ4n) is 3.60. The van der Waals surface area contributed by atoms with Gasteiger partial charge in [0, 0.05) is 46.9 Å². The number of carbonyl (C=O) groups is 1. The Balaban J connectivity index is 1.49. The number of aromatic amines is 2. The number of carbonyl (C=O) groups excluding carboxylic acids is 1. The summed E-state index contributed by atoms with van der Waals surface area (Å²) in [5.74, 6) is -0.000186. The molecule has 31 heavy (non-hydrogen) atoms. The van der Waals surface area contributed by atoms with E-state index in [1.54, 1.807) is 31.0 Å². The Morgan fingerprint density at radius 1 is 1.06 bits per heavy atom. The van der Waals surface area contributed by atoms with E-state index in [1.165, 1.54) is 0 Å². The summed E-state index contributed by atoms with van der Waals surface area (Å²) >= 11 is 0. The molecule has 0 aliphatic carbocycles. The normalized spacial score (nSPS) is 11.3. The van der Waals surface area contributed by atoms with Gasteiger partial charge in [-0.05, 0) is 30.7 Å². The molecule has 5 heterocycles. The molecule has 0 aromatic carbocycles. The lowest BCUT2D eigenvalue weighted by Gasteiger charge is -2.07. The predicted octanol–water partition coefficient (Wildman–Crippen LogP) is 4.69. The molecular formula is C23H21N7O. The number of H-pyrrole nitrogens is 2. The molecule has 0 saturated carbocycles. The third kappa shape index (κ3) is 3.75. The molecule has 154 valence electrons. The highest BCUT2D eigenvalue weighted by Gasteiger charge is 2.13. The van der Waals surface area contributed by atoms with Gasteiger partial charge in [0.2, 0.25) is 5.91 Å². The molecule has 0 atom stereocenters. The Kier molecular flexibility index (Phi) is 4.87. The minimum atomic E-state index is -0.000186. The van der Waals surface area contributed by atoms with Crippen LogP contribution in [0.5, 0.6) is 0 Å². The van der Waals surface area contributed by atoms with Crippen molar-refractivity contribution < 1.29 is 4.79 Å². The Labute approximate surface area is 178 Å². The lowest BCUT2D eigenvalue weighted by atomic mass is 10.1. The zero-order valence-electron chi connectivity index (χ0n) is 17.0. The van der Waals surface area contributed by atoms with E-state index in [0.29, 0.717) is 17.8 Å². The van der Waals surface area contributed by atoms with Gasteiger partial charge < -0.3 is 10.3 Å². The van der Waals surface area contributed by atoms with Crippen LogP contribution in [0.3, 0.4) is 0 Å². The second-order valence-electron chi connectivity index (χ2n) is 7.45. The van der Waals surface area contributed by atoms with E-state index in [9.17, 15) is 4.79 Å². The molecule has 0 radical (unpaired) electrons. The lowest BCUT2D eigenvalue weighted by molar-refractivity contribution is -0.116. The summed E-state index contributed by atoms with van der Waals surface area (Å²) < 4.78 is 0. The molecule has 0 saturated heterocycles. The second-order valence-corrected chi connectivity index (χ2v) is 7.45. The van der Waals surface area contributed by atoms with Gasteiger partial charge >= 0.3 is 0 Å². The molecule has 8 nitrogen and oxygen atoms in total. The summed E-state index contributed by atoms with van der Waals surface area (Å²) in [7, 11) is 0. The van der Waals surface area contributed by atoms with E-state index >= 15 is 0 Å². The highest BCUT2D eigenvalue weighted by atomic mass is 16.1. The zero-order chi connectivity index (χ0) is 21.2. The number of unbranched alkanes of at least 4 members (excludes halogenated alkanes) is 1. The number of hydrogen-bond acceptors (Lipinski definition) is 5. The zero-order valence-corrected chi connectivity index (χ0v) is 17.0. The van der Waals surface area contributed by atoms with Gasteiger partial charge in [-0.3, -0.25) is 19.9 Å². The molecule has 5 rings (SSSR count). The number of pyridine rings is 3. The Bertz CT molecular complexity index is 1350. The minimum absolute atomic E-state index is 0.000186. The maximum absolute atomic E-state index is 12.1. The van der Waals surface area contributed by atoms with Crippen LogP contribution in [0.4, 0.5) is 5.69 Å². The smallest absolute Gasteiger partial charge is 0.224 e. The van der Waals surface area contributed by atoms with Crippen molar-refractivity contribution in [1.82, 2.24) is 30.1 Å². The lowest BCUT2D eigenvalue weighted by Crippen LogP contribution is -2.11. The van der Waals surface area contributed by atoms with E-state index in [4.69, 9.17) is 0 Å². The summed E-state index contributed by atoms with van der Waals surface area (Å²) in [6, 6.07) is 7.97. The van der Waals surface area contributed by atoms with E-state index < -0.39 is 0 Å². The highest BCUT2D eigenvalue weighted by Crippen LogP contribution is 2.31. The molecule has 0 bridgehead atoms. The van der Waals surface area contributed by atoms with E-state index in [2.05, 4.69) is 48.4 Å². The molecule has 0 unspecified atom stereocenters. The van der Waals surface area contributed by atoms with Crippen molar-refractivity contribution >= 4 is 33.5 Å². The van der Waals surface area contributed by atoms with Gasteiger partial charge in [0.1, 0.15) is 0 Å². The van der Waals surface area contributed by atoms with Crippen molar-refractivity contribution in [3.63, 3.8) is 0 Å². The third-order valence-electron chi connectivity index (χ3n) is 5.22. The number of anilines is 1. The molecule has 0 aliphatic rings. The molecular weight excluding hydrogens is 390 g/mol. The van der Waals surface area contributed by atoms with E-state index in [1.807, 2.05) is 18.2 Å². The van der Waals surface area contributed by atoms with Gasteiger partial charge in [0.05, 0.1) is 35.0 Å². The average Bonchev–Trinajstić information content (AvgIpc) is 3.41. The summed E-state index contributed by atoms with van der Waals surface area (Å²) in [5.41, 5.74) is 5.81. The third-order valence-corrected chi connectivity index (χ3v) is 5.22. The molecule has 8 heteroatoms. The highest BCUT2D eigenvalue weighted by molar-refractivity contribution is 5.96. The van der Waals surface area contributed by atoms with Crippen LogP contribution in [0.25, 0.3) is 44.5 Å². The number of aromatic nitrogens is 6. The van der Waals surface area contributed by atoms with Crippen molar-refractivity contribution in [2.24, 2.45) is 0 Å². The van der Waals surface area contributed by atoms with Crippen LogP contribution in [0.15, 0.2) is 55.2 Å². The molecule has 5 aromatic rings. The first-order chi connectivity index (χ1) is 15.2. The molecule has 5 aromatic heterocycles. The van der Waals surface area contributed by atoms with Crippen LogP contribution in [-0.2, 0) is 4.79 Å². The van der Waals surface area contributed by atoms with Crippen LogP contribution >= 0.6 is 0 Å². The van der Waals surface area contributed by atoms with Crippen LogP contribution in [0.1, 0.15) is 26.2 Å². The van der Waals surface area contributed by atoms with Crippen LogP contribution in [0, 0.1) is 0 Å². The fourth-order valence-corrected chi connectivity index (χ4v) is 3.60.